The molecule has 8 nitrogen and oxygen atoms in total. The number of ether oxygens (including phenoxy) is 3. The van der Waals surface area contributed by atoms with Gasteiger partial charge >= 0.3 is 11.9 Å². The van der Waals surface area contributed by atoms with Crippen LogP contribution in [0.15, 0.2) is 41.0 Å². The molecule has 1 saturated heterocycles. The molecule has 0 saturated carbocycles. The van der Waals surface area contributed by atoms with Gasteiger partial charge in [-0.3, -0.25) is 14.5 Å². The van der Waals surface area contributed by atoms with E-state index in [0.717, 1.165) is 0 Å². The van der Waals surface area contributed by atoms with Crippen molar-refractivity contribution in [3.05, 3.63) is 46.6 Å². The van der Waals surface area contributed by atoms with E-state index in [1.54, 1.807) is 55.3 Å². The van der Waals surface area contributed by atoms with Gasteiger partial charge in [0.05, 0.1) is 32.9 Å². The molecule has 1 aromatic rings. The lowest BCUT2D eigenvalue weighted by atomic mass is 9.66. The number of halogens is 1. The van der Waals surface area contributed by atoms with Crippen LogP contribution in [0, 0.1) is 18.3 Å². The van der Waals surface area contributed by atoms with Crippen LogP contribution in [0.5, 0.6) is 5.75 Å². The van der Waals surface area contributed by atoms with E-state index < -0.39 is 35.4 Å². The lowest BCUT2D eigenvalue weighted by Crippen LogP contribution is -2.54. The molecule has 0 N–H and O–H groups in total. The summed E-state index contributed by atoms with van der Waals surface area (Å²) in [5.41, 5.74) is -0.394. The van der Waals surface area contributed by atoms with Crippen molar-refractivity contribution in [1.29, 1.82) is 0 Å². The number of fused-ring (bicyclic) bond motifs is 4. The number of hydrogen-bond donors (Lipinski definition) is 0. The molecule has 4 rings (SSSR count). The first kappa shape index (κ1) is 23.9. The summed E-state index contributed by atoms with van der Waals surface area (Å²) in [4.78, 5) is 44.4. The molecule has 3 heterocycles. The minimum atomic E-state index is -1.51. The average molecular weight is 529 g/mol. The predicted octanol–water partition coefficient (Wildman–Crippen LogP) is 2.51. The van der Waals surface area contributed by atoms with Gasteiger partial charge in [-0.25, -0.2) is 4.79 Å². The van der Waals surface area contributed by atoms with E-state index in [4.69, 9.17) is 20.6 Å². The Morgan fingerprint density at radius 1 is 1.21 bits per heavy atom. The monoisotopic (exact) mass is 528 g/mol. The Hall–Kier alpha value is -3.25. The Labute approximate surface area is 206 Å². The zero-order valence-corrected chi connectivity index (χ0v) is 20.7. The normalized spacial score (nSPS) is 26.6. The number of methoxy groups -OCH3 is 1. The quantitative estimate of drug-likeness (QED) is 0.414. The van der Waals surface area contributed by atoms with Crippen molar-refractivity contribution in [2.75, 3.05) is 31.8 Å². The molecule has 0 radical (unpaired) electrons. The summed E-state index contributed by atoms with van der Waals surface area (Å²) in [6, 6.07) is 3.42. The third-order valence-corrected chi connectivity index (χ3v) is 7.19. The minimum absolute atomic E-state index is 0.00340. The smallest absolute Gasteiger partial charge is 0.329 e. The van der Waals surface area contributed by atoms with Gasteiger partial charge in [0.15, 0.2) is 0 Å². The largest absolute Gasteiger partial charge is 0.497 e. The highest BCUT2D eigenvalue weighted by Gasteiger charge is 2.73. The zero-order chi connectivity index (χ0) is 24.6. The number of rotatable bonds is 6. The molecule has 1 fully saturated rings. The van der Waals surface area contributed by atoms with Gasteiger partial charge in [-0.2, -0.15) is 0 Å². The first-order chi connectivity index (χ1) is 16.4. The number of amides is 1. The van der Waals surface area contributed by atoms with Crippen LogP contribution in [0.25, 0.3) is 0 Å². The van der Waals surface area contributed by atoms with Gasteiger partial charge in [0.1, 0.15) is 23.1 Å². The molecule has 9 heteroatoms. The number of carbonyl (C=O) groups excluding carboxylic acids is 3. The SMILES string of the molecule is C#CCN1C(=O)[C@@]2(c3cc(OC)ccc31)[C@@H]1C(Br)=CC=CN1[C@@H](C(=O)OCC)[C@@H]2C(=O)OCC. The Morgan fingerprint density at radius 2 is 1.91 bits per heavy atom. The molecular weight excluding hydrogens is 504 g/mol. The van der Waals surface area contributed by atoms with Crippen LogP contribution < -0.4 is 9.64 Å². The summed E-state index contributed by atoms with van der Waals surface area (Å²) in [6.07, 6.45) is 10.9. The number of allylic oxidation sites excluding steroid dienone is 2. The van der Waals surface area contributed by atoms with Crippen LogP contribution in [0.2, 0.25) is 0 Å². The van der Waals surface area contributed by atoms with Crippen molar-refractivity contribution in [1.82, 2.24) is 4.90 Å². The minimum Gasteiger partial charge on any atom is -0.497 e. The fraction of sp³-hybridized carbons (Fsp3) is 0.400. The highest BCUT2D eigenvalue weighted by atomic mass is 79.9. The van der Waals surface area contributed by atoms with Crippen molar-refractivity contribution in [3.63, 3.8) is 0 Å². The second kappa shape index (κ2) is 9.18. The molecular formula is C25H25BrN2O6. The molecule has 178 valence electrons. The predicted molar refractivity (Wildman–Crippen MR) is 128 cm³/mol. The molecule has 34 heavy (non-hydrogen) atoms. The van der Waals surface area contributed by atoms with Gasteiger partial charge < -0.3 is 19.1 Å². The average Bonchev–Trinajstić information content (AvgIpc) is 3.26. The number of terminal acetylenes is 1. The number of anilines is 1. The van der Waals surface area contributed by atoms with Gasteiger partial charge in [0, 0.05) is 16.4 Å². The first-order valence-corrected chi connectivity index (χ1v) is 11.8. The number of hydrogen-bond acceptors (Lipinski definition) is 7. The number of esters is 2. The molecule has 4 atom stereocenters. The summed E-state index contributed by atoms with van der Waals surface area (Å²) in [6.45, 7) is 3.59. The van der Waals surface area contributed by atoms with E-state index in [0.29, 0.717) is 21.5 Å². The van der Waals surface area contributed by atoms with Crippen molar-refractivity contribution in [3.8, 4) is 18.1 Å². The number of benzene rings is 1. The molecule has 1 spiro atoms. The number of nitrogens with zero attached hydrogens (tertiary/aromatic N) is 2. The highest BCUT2D eigenvalue weighted by Crippen LogP contribution is 2.59. The van der Waals surface area contributed by atoms with Crippen LogP contribution in [0.4, 0.5) is 5.69 Å². The third kappa shape index (κ3) is 3.23. The highest BCUT2D eigenvalue weighted by molar-refractivity contribution is 9.11. The Kier molecular flexibility index (Phi) is 6.45. The van der Waals surface area contributed by atoms with Gasteiger partial charge in [0.25, 0.3) is 0 Å². The van der Waals surface area contributed by atoms with Crippen molar-refractivity contribution in [2.45, 2.75) is 31.3 Å². The van der Waals surface area contributed by atoms with Crippen molar-refractivity contribution < 1.29 is 28.6 Å². The molecule has 0 aromatic heterocycles. The van der Waals surface area contributed by atoms with Crippen LogP contribution in [-0.2, 0) is 29.3 Å². The standard InChI is InChI=1S/C25H25BrN2O6/c1-5-12-27-18-11-10-15(32-4)14-16(18)25(24(27)31)19(22(29)33-6-2)20(23(30)34-7-3)28-13-8-9-17(26)21(25)28/h1,8-11,13-14,19-21H,6-7,12H2,2-4H3/t19-,20-,21+,25-/m1/s1. The molecule has 3 aliphatic heterocycles. The van der Waals surface area contributed by atoms with E-state index in [2.05, 4.69) is 21.9 Å². The van der Waals surface area contributed by atoms with Crippen LogP contribution in [0.3, 0.4) is 0 Å². The lowest BCUT2D eigenvalue weighted by molar-refractivity contribution is -0.160. The second-order valence-corrected chi connectivity index (χ2v) is 8.93. The maximum atomic E-state index is 14.4. The molecule has 1 aromatic carbocycles. The first-order valence-electron chi connectivity index (χ1n) is 11.0. The third-order valence-electron chi connectivity index (χ3n) is 6.49. The summed E-state index contributed by atoms with van der Waals surface area (Å²) in [5.74, 6) is 0.201. The summed E-state index contributed by atoms with van der Waals surface area (Å²) in [5, 5.41) is 0. The summed E-state index contributed by atoms with van der Waals surface area (Å²) >= 11 is 3.61. The van der Waals surface area contributed by atoms with Gasteiger partial charge in [-0.1, -0.05) is 21.9 Å². The van der Waals surface area contributed by atoms with Crippen LogP contribution in [-0.4, -0.2) is 61.7 Å². The maximum absolute atomic E-state index is 14.4. The van der Waals surface area contributed by atoms with Gasteiger partial charge in [0.2, 0.25) is 5.91 Å². The van der Waals surface area contributed by atoms with Crippen molar-refractivity contribution >= 4 is 39.5 Å². The molecule has 3 aliphatic rings. The summed E-state index contributed by atoms with van der Waals surface area (Å²) in [7, 11) is 1.52. The fourth-order valence-electron chi connectivity index (χ4n) is 5.35. The van der Waals surface area contributed by atoms with E-state index in [1.165, 1.54) is 12.0 Å². The van der Waals surface area contributed by atoms with E-state index in [1.807, 2.05) is 0 Å². The Morgan fingerprint density at radius 3 is 2.56 bits per heavy atom. The van der Waals surface area contributed by atoms with Crippen LogP contribution >= 0.6 is 15.9 Å². The lowest BCUT2D eigenvalue weighted by Gasteiger charge is -2.36. The Balaban J connectivity index is 2.07. The zero-order valence-electron chi connectivity index (χ0n) is 19.1. The number of carbonyl (C=O) groups is 3. The molecule has 0 aliphatic carbocycles. The molecule has 0 unspecified atom stereocenters. The van der Waals surface area contributed by atoms with Crippen LogP contribution in [0.1, 0.15) is 19.4 Å². The maximum Gasteiger partial charge on any atom is 0.329 e. The van der Waals surface area contributed by atoms with Gasteiger partial charge in [-0.05, 0) is 49.8 Å². The Bertz CT molecular complexity index is 1140. The fourth-order valence-corrected chi connectivity index (χ4v) is 6.10. The van der Waals surface area contributed by atoms with E-state index >= 15 is 0 Å². The van der Waals surface area contributed by atoms with Crippen molar-refractivity contribution in [2.24, 2.45) is 5.92 Å². The molecule has 1 amide bonds. The van der Waals surface area contributed by atoms with E-state index in [9.17, 15) is 14.4 Å². The molecule has 0 bridgehead atoms. The topological polar surface area (TPSA) is 85.4 Å². The van der Waals surface area contributed by atoms with Gasteiger partial charge in [-0.15, -0.1) is 6.42 Å². The summed E-state index contributed by atoms with van der Waals surface area (Å²) < 4.78 is 16.9. The second-order valence-electron chi connectivity index (χ2n) is 8.02. The van der Waals surface area contributed by atoms with E-state index in [-0.39, 0.29) is 25.7 Å².